The first-order valence-electron chi connectivity index (χ1n) is 8.21. The molecule has 27 heavy (non-hydrogen) atoms. The number of anilines is 1. The number of rotatable bonds is 5. The van der Waals surface area contributed by atoms with Crippen LogP contribution in [0.25, 0.3) is 11.1 Å². The summed E-state index contributed by atoms with van der Waals surface area (Å²) >= 11 is 5.91. The Morgan fingerprint density at radius 1 is 1.33 bits per heavy atom. The van der Waals surface area contributed by atoms with Crippen molar-refractivity contribution >= 4 is 17.3 Å². The van der Waals surface area contributed by atoms with Crippen molar-refractivity contribution in [3.63, 3.8) is 0 Å². The van der Waals surface area contributed by atoms with Gasteiger partial charge in [-0.05, 0) is 35.0 Å². The Hall–Kier alpha value is -2.75. The number of hydrogen-bond donors (Lipinski definition) is 2. The molecule has 3 aromatic rings. The predicted molar refractivity (Wildman–Crippen MR) is 96.4 cm³/mol. The van der Waals surface area contributed by atoms with E-state index in [4.69, 9.17) is 26.8 Å². The second kappa shape index (κ2) is 7.47. The van der Waals surface area contributed by atoms with Crippen LogP contribution in [0.3, 0.4) is 0 Å². The first-order chi connectivity index (χ1) is 13.1. The highest BCUT2D eigenvalue weighted by Gasteiger charge is 2.19. The van der Waals surface area contributed by atoms with Crippen LogP contribution in [-0.4, -0.2) is 33.4 Å². The van der Waals surface area contributed by atoms with E-state index in [9.17, 15) is 4.39 Å². The Morgan fingerprint density at radius 2 is 2.15 bits per heavy atom. The summed E-state index contributed by atoms with van der Waals surface area (Å²) in [4.78, 5) is 1.37. The summed E-state index contributed by atoms with van der Waals surface area (Å²) in [5, 5.41) is 15.5. The van der Waals surface area contributed by atoms with E-state index in [0.717, 1.165) is 12.1 Å². The fraction of sp³-hybridized carbons (Fsp3) is 0.235. The van der Waals surface area contributed by atoms with Gasteiger partial charge in [-0.2, -0.15) is 0 Å². The molecular formula is C17H16ClFN6O2. The number of nitrogens with one attached hydrogen (secondary N) is 1. The summed E-state index contributed by atoms with van der Waals surface area (Å²) in [6.07, 6.45) is -0.394. The van der Waals surface area contributed by atoms with Crippen LogP contribution in [-0.2, 0) is 11.3 Å². The Labute approximate surface area is 159 Å². The Balaban J connectivity index is 1.43. The fourth-order valence-electron chi connectivity index (χ4n) is 2.68. The van der Waals surface area contributed by atoms with Crippen molar-refractivity contribution in [2.45, 2.75) is 13.0 Å². The number of halogens is 2. The molecule has 8 nitrogen and oxygen atoms in total. The minimum absolute atomic E-state index is 0.0524. The fourth-order valence-corrected chi connectivity index (χ4v) is 2.88. The summed E-state index contributed by atoms with van der Waals surface area (Å²) in [7, 11) is 0. The van der Waals surface area contributed by atoms with Crippen molar-refractivity contribution in [3.05, 3.63) is 53.1 Å². The summed E-state index contributed by atoms with van der Waals surface area (Å²) in [5.41, 5.74) is 7.12. The second-order valence-electron chi connectivity index (χ2n) is 5.87. The van der Waals surface area contributed by atoms with E-state index in [0.29, 0.717) is 23.7 Å². The first-order valence-corrected chi connectivity index (χ1v) is 8.59. The van der Waals surface area contributed by atoms with Crippen LogP contribution in [0.15, 0.2) is 36.4 Å². The number of tetrazole rings is 1. The second-order valence-corrected chi connectivity index (χ2v) is 6.30. The zero-order valence-electron chi connectivity index (χ0n) is 14.1. The summed E-state index contributed by atoms with van der Waals surface area (Å²) < 4.78 is 24.8. The highest BCUT2D eigenvalue weighted by molar-refractivity contribution is 6.31. The third-order valence-corrected chi connectivity index (χ3v) is 4.22. The molecule has 1 aliphatic rings. The average molecular weight is 391 g/mol. The number of nitrogens with zero attached hydrogens (tertiary/aromatic N) is 4. The van der Waals surface area contributed by atoms with Gasteiger partial charge in [-0.25, -0.2) is 4.39 Å². The monoisotopic (exact) mass is 390 g/mol. The van der Waals surface area contributed by atoms with Gasteiger partial charge in [0.1, 0.15) is 11.6 Å². The van der Waals surface area contributed by atoms with Gasteiger partial charge in [0, 0.05) is 17.1 Å². The summed E-state index contributed by atoms with van der Waals surface area (Å²) in [5.74, 6) is 0.483. The number of ether oxygens (including phenoxy) is 2. The quantitative estimate of drug-likeness (QED) is 0.645. The molecule has 1 saturated heterocycles. The van der Waals surface area contributed by atoms with Crippen LogP contribution >= 0.6 is 11.6 Å². The molecule has 2 aromatic carbocycles. The Kier molecular flexibility index (Phi) is 4.88. The van der Waals surface area contributed by atoms with E-state index >= 15 is 0 Å². The maximum absolute atomic E-state index is 13.8. The minimum Gasteiger partial charge on any atom is -0.485 e. The molecule has 1 aromatic heterocycles. The van der Waals surface area contributed by atoms with Crippen molar-refractivity contribution in [1.82, 2.24) is 25.5 Å². The van der Waals surface area contributed by atoms with Gasteiger partial charge in [-0.1, -0.05) is 23.7 Å². The molecule has 10 heteroatoms. The normalized spacial score (nSPS) is 16.6. The third-order valence-electron chi connectivity index (χ3n) is 4.00. The van der Waals surface area contributed by atoms with E-state index in [2.05, 4.69) is 20.7 Å². The molecular weight excluding hydrogens is 375 g/mol. The first kappa shape index (κ1) is 17.7. The molecule has 0 amide bonds. The standard InChI is InChI=1S/C17H16ClFN6O2/c18-11-7-13(16(20)14(19)8-11)10-1-3-12(4-2-10)27-9-15-22-24-25(23-15)17-21-5-6-26-17/h1-4,7-8,17,21H,5-6,9,20H2. The van der Waals surface area contributed by atoms with Gasteiger partial charge >= 0.3 is 0 Å². The van der Waals surface area contributed by atoms with Gasteiger partial charge in [0.15, 0.2) is 6.61 Å². The largest absolute Gasteiger partial charge is 0.485 e. The van der Waals surface area contributed by atoms with Gasteiger partial charge in [0.05, 0.1) is 12.3 Å². The number of nitrogen functional groups attached to an aromatic ring is 1. The third kappa shape index (κ3) is 3.85. The van der Waals surface area contributed by atoms with Crippen LogP contribution in [0.4, 0.5) is 10.1 Å². The van der Waals surface area contributed by atoms with E-state index in [1.54, 1.807) is 30.3 Å². The number of nitrogens with two attached hydrogens (primary N) is 1. The van der Waals surface area contributed by atoms with Crippen LogP contribution < -0.4 is 15.8 Å². The number of hydrogen-bond acceptors (Lipinski definition) is 7. The molecule has 3 N–H and O–H groups in total. The molecule has 140 valence electrons. The zero-order valence-corrected chi connectivity index (χ0v) is 14.9. The van der Waals surface area contributed by atoms with E-state index in [1.165, 1.54) is 10.9 Å². The average Bonchev–Trinajstić information content (AvgIpc) is 3.35. The van der Waals surface area contributed by atoms with Crippen LogP contribution in [0, 0.1) is 5.82 Å². The van der Waals surface area contributed by atoms with Crippen molar-refractivity contribution in [3.8, 4) is 16.9 Å². The van der Waals surface area contributed by atoms with Crippen molar-refractivity contribution in [1.29, 1.82) is 0 Å². The zero-order chi connectivity index (χ0) is 18.8. The number of aromatic nitrogens is 4. The van der Waals surface area contributed by atoms with Crippen molar-refractivity contribution in [2.75, 3.05) is 18.9 Å². The molecule has 4 rings (SSSR count). The van der Waals surface area contributed by atoms with Crippen LogP contribution in [0.2, 0.25) is 5.02 Å². The van der Waals surface area contributed by atoms with Crippen molar-refractivity contribution in [2.24, 2.45) is 0 Å². The molecule has 0 radical (unpaired) electrons. The smallest absolute Gasteiger partial charge is 0.226 e. The highest BCUT2D eigenvalue weighted by atomic mass is 35.5. The minimum atomic E-state index is -0.548. The molecule has 0 spiro atoms. The van der Waals surface area contributed by atoms with Gasteiger partial charge in [-0.3, -0.25) is 5.32 Å². The van der Waals surface area contributed by atoms with Gasteiger partial charge < -0.3 is 15.2 Å². The summed E-state index contributed by atoms with van der Waals surface area (Å²) in [6.45, 7) is 1.50. The molecule has 1 unspecified atom stereocenters. The SMILES string of the molecule is Nc1c(F)cc(Cl)cc1-c1ccc(OCc2nnn(C3NCCO3)n2)cc1. The molecule has 1 aliphatic heterocycles. The lowest BCUT2D eigenvalue weighted by Gasteiger charge is -2.09. The topological polar surface area (TPSA) is 100 Å². The lowest BCUT2D eigenvalue weighted by Crippen LogP contribution is -2.23. The highest BCUT2D eigenvalue weighted by Crippen LogP contribution is 2.32. The van der Waals surface area contributed by atoms with Crippen molar-refractivity contribution < 1.29 is 13.9 Å². The van der Waals surface area contributed by atoms with E-state index in [1.807, 2.05) is 0 Å². The van der Waals surface area contributed by atoms with E-state index < -0.39 is 12.2 Å². The van der Waals surface area contributed by atoms with Gasteiger partial charge in [0.25, 0.3) is 0 Å². The molecule has 0 saturated carbocycles. The number of benzene rings is 2. The Bertz CT molecular complexity index is 943. The van der Waals surface area contributed by atoms with Gasteiger partial charge in [0.2, 0.25) is 12.2 Å². The van der Waals surface area contributed by atoms with Crippen LogP contribution in [0.1, 0.15) is 12.2 Å². The van der Waals surface area contributed by atoms with Crippen LogP contribution in [0.5, 0.6) is 5.75 Å². The van der Waals surface area contributed by atoms with Gasteiger partial charge in [-0.15, -0.1) is 15.0 Å². The predicted octanol–water partition coefficient (Wildman–Crippen LogP) is 2.37. The molecule has 1 atom stereocenters. The Morgan fingerprint density at radius 3 is 2.89 bits per heavy atom. The maximum Gasteiger partial charge on any atom is 0.226 e. The summed E-state index contributed by atoms with van der Waals surface area (Å²) in [6, 6.07) is 9.86. The molecule has 0 aliphatic carbocycles. The van der Waals surface area contributed by atoms with E-state index in [-0.39, 0.29) is 17.3 Å². The maximum atomic E-state index is 13.8. The molecule has 0 bridgehead atoms. The lowest BCUT2D eigenvalue weighted by molar-refractivity contribution is 0.0212. The molecule has 2 heterocycles. The molecule has 1 fully saturated rings. The lowest BCUT2D eigenvalue weighted by atomic mass is 10.0.